The number of methoxy groups -OCH3 is 3. The molecule has 3 aromatic carbocycles. The van der Waals surface area contributed by atoms with Gasteiger partial charge >= 0.3 is 21.4 Å². The molecule has 0 amide bonds. The van der Waals surface area contributed by atoms with Crippen molar-refractivity contribution in [1.82, 2.24) is 0 Å². The smallest absolute Gasteiger partial charge is 0.468 e. The molecule has 1 saturated heterocycles. The average molecular weight is 639 g/mol. The van der Waals surface area contributed by atoms with Crippen molar-refractivity contribution in [3.63, 3.8) is 0 Å². The van der Waals surface area contributed by atoms with Gasteiger partial charge in [0, 0.05) is 13.4 Å². The van der Waals surface area contributed by atoms with Gasteiger partial charge in [-0.2, -0.15) is 0 Å². The molecule has 1 aliphatic heterocycles. The van der Waals surface area contributed by atoms with Crippen molar-refractivity contribution in [2.24, 2.45) is 0 Å². The molecule has 0 atom stereocenters. The maximum Gasteiger partial charge on any atom is 0.468 e. The number of benzene rings is 3. The number of hydrogen-bond donors (Lipinski definition) is 0. The van der Waals surface area contributed by atoms with Crippen LogP contribution >= 0.6 is 47.8 Å². The lowest BCUT2D eigenvalue weighted by Gasteiger charge is -2.32. The Morgan fingerprint density at radius 2 is 0.788 bits per heavy atom. The fourth-order valence-corrected chi connectivity index (χ4v) is 4.66. The van der Waals surface area contributed by atoms with Crippen LogP contribution in [0.2, 0.25) is 0 Å². The highest BCUT2D eigenvalue weighted by Crippen LogP contribution is 2.23. The predicted octanol–water partition coefficient (Wildman–Crippen LogP) is 3.55. The highest BCUT2D eigenvalue weighted by molar-refractivity contribution is 9.11. The largest absolute Gasteiger partial charge is 0.497 e. The second kappa shape index (κ2) is 10.9. The summed E-state index contributed by atoms with van der Waals surface area (Å²) in [5.41, 5.74) is 2.31. The van der Waals surface area contributed by atoms with Crippen LogP contribution in [0.25, 0.3) is 0 Å². The molecule has 3 aromatic rings. The highest BCUT2D eigenvalue weighted by Gasteiger charge is 2.45. The van der Waals surface area contributed by atoms with Crippen LogP contribution in [0.3, 0.4) is 0 Å². The van der Waals surface area contributed by atoms with Crippen LogP contribution in [0.5, 0.6) is 17.2 Å². The van der Waals surface area contributed by atoms with Crippen LogP contribution in [0.15, 0.2) is 68.0 Å². The third kappa shape index (κ3) is 5.47. The molecule has 12 heteroatoms. The number of hydrogen-bond acceptors (Lipinski definition) is 6. The van der Waals surface area contributed by atoms with Crippen LogP contribution in [-0.4, -0.2) is 42.7 Å². The third-order valence-corrected chi connectivity index (χ3v) is 7.28. The van der Waals surface area contributed by atoms with Gasteiger partial charge in [0.05, 0.1) is 21.3 Å². The van der Waals surface area contributed by atoms with Gasteiger partial charge in [0.2, 0.25) is 0 Å². The van der Waals surface area contributed by atoms with Crippen molar-refractivity contribution in [1.29, 1.82) is 0 Å². The summed E-state index contributed by atoms with van der Waals surface area (Å²) in [6, 6.07) is 16.9. The summed E-state index contributed by atoms with van der Waals surface area (Å²) < 4.78 is 37.6. The lowest BCUT2D eigenvalue weighted by Crippen LogP contribution is -2.61. The van der Waals surface area contributed by atoms with Gasteiger partial charge in [-0.3, -0.25) is 0 Å². The van der Waals surface area contributed by atoms with Crippen molar-refractivity contribution in [3.05, 3.63) is 68.0 Å². The molecule has 0 radical (unpaired) electrons. The van der Waals surface area contributed by atoms with Gasteiger partial charge in [-0.05, 0) is 71.0 Å². The summed E-state index contributed by atoms with van der Waals surface area (Å²) >= 11 is 10.8. The zero-order valence-electron chi connectivity index (χ0n) is 18.0. The first-order valence-electron chi connectivity index (χ1n) is 9.90. The maximum absolute atomic E-state index is 6.31. The second-order valence-corrected chi connectivity index (χ2v) is 9.63. The molecule has 0 aliphatic carbocycles. The Labute approximate surface area is 219 Å². The number of ether oxygens (including phenoxy) is 3. The van der Waals surface area contributed by atoms with Crippen LogP contribution in [0.4, 0.5) is 0 Å². The zero-order chi connectivity index (χ0) is 23.5. The van der Waals surface area contributed by atoms with Crippen LogP contribution < -0.4 is 30.6 Å². The van der Waals surface area contributed by atoms with E-state index in [4.69, 9.17) is 27.9 Å². The number of halogens is 3. The quantitative estimate of drug-likeness (QED) is 0.386. The average Bonchev–Trinajstić information content (AvgIpc) is 2.84. The van der Waals surface area contributed by atoms with E-state index < -0.39 is 21.4 Å². The zero-order valence-corrected chi connectivity index (χ0v) is 22.8. The topological polar surface area (TPSA) is 55.4 Å². The van der Waals surface area contributed by atoms with Crippen molar-refractivity contribution in [2.75, 3.05) is 21.3 Å². The Kier molecular flexibility index (Phi) is 8.14. The van der Waals surface area contributed by atoms with E-state index in [0.29, 0.717) is 17.2 Å². The molecule has 33 heavy (non-hydrogen) atoms. The van der Waals surface area contributed by atoms with E-state index in [1.165, 1.54) is 0 Å². The molecule has 168 valence electrons. The molecular weight excluding hydrogens is 620 g/mol. The minimum absolute atomic E-state index is 0.685. The van der Waals surface area contributed by atoms with Crippen LogP contribution in [0.1, 0.15) is 0 Å². The normalized spacial score (nSPS) is 13.8. The summed E-state index contributed by atoms with van der Waals surface area (Å²) in [4.78, 5) is 0. The molecule has 0 bridgehead atoms. The molecule has 0 N–H and O–H groups in total. The van der Waals surface area contributed by atoms with E-state index in [0.717, 1.165) is 29.8 Å². The van der Waals surface area contributed by atoms with E-state index in [1.54, 1.807) is 21.3 Å². The van der Waals surface area contributed by atoms with Gasteiger partial charge in [-0.25, -0.2) is 0 Å². The summed E-state index contributed by atoms with van der Waals surface area (Å²) in [5, 5.41) is 0. The third-order valence-electron chi connectivity index (χ3n) is 5.11. The van der Waals surface area contributed by atoms with Crippen LogP contribution in [-0.2, 0) is 13.7 Å². The Bertz CT molecular complexity index is 1000. The van der Waals surface area contributed by atoms with Crippen LogP contribution in [0, 0.1) is 0 Å². The van der Waals surface area contributed by atoms with Gasteiger partial charge in [0.15, 0.2) is 0 Å². The van der Waals surface area contributed by atoms with E-state index in [9.17, 15) is 0 Å². The van der Waals surface area contributed by atoms with Gasteiger partial charge in [-0.15, -0.1) is 0 Å². The van der Waals surface area contributed by atoms with Gasteiger partial charge in [-0.1, -0.05) is 47.8 Å². The summed E-state index contributed by atoms with van der Waals surface area (Å²) in [6.45, 7) is 0. The first kappa shape index (κ1) is 24.7. The highest BCUT2D eigenvalue weighted by atomic mass is 79.9. The molecule has 0 unspecified atom stereocenters. The molecule has 4 rings (SSSR count). The fraction of sp³-hybridized carbons (Fsp3) is 0.143. The molecule has 1 heterocycles. The van der Waals surface area contributed by atoms with E-state index >= 15 is 0 Å². The maximum atomic E-state index is 6.31. The Hall–Kier alpha value is -1.43. The van der Waals surface area contributed by atoms with Gasteiger partial charge in [0.1, 0.15) is 17.2 Å². The van der Waals surface area contributed by atoms with Crippen molar-refractivity contribution in [2.45, 2.75) is 0 Å². The minimum Gasteiger partial charge on any atom is -0.497 e. The van der Waals surface area contributed by atoms with E-state index in [2.05, 4.69) is 47.8 Å². The van der Waals surface area contributed by atoms with E-state index in [1.807, 2.05) is 54.6 Å². The van der Waals surface area contributed by atoms with Crippen molar-refractivity contribution in [3.8, 4) is 17.2 Å². The monoisotopic (exact) mass is 636 g/mol. The van der Waals surface area contributed by atoms with Crippen molar-refractivity contribution < 1.29 is 27.9 Å². The first-order valence-corrected chi connectivity index (χ1v) is 12.3. The summed E-state index contributed by atoms with van der Waals surface area (Å²) in [7, 11) is 2.58. The Balaban J connectivity index is 1.79. The number of rotatable bonds is 6. The lowest BCUT2D eigenvalue weighted by atomic mass is 9.61. The Morgan fingerprint density at radius 1 is 0.515 bits per heavy atom. The lowest BCUT2D eigenvalue weighted by molar-refractivity contribution is 0.307. The molecule has 0 aromatic heterocycles. The molecule has 0 spiro atoms. The van der Waals surface area contributed by atoms with E-state index in [-0.39, 0.29) is 0 Å². The molecular formula is C21H18B3Br3O6. The van der Waals surface area contributed by atoms with Gasteiger partial charge < -0.3 is 27.9 Å². The first-order chi connectivity index (χ1) is 15.9. The predicted molar refractivity (Wildman–Crippen MR) is 142 cm³/mol. The standard InChI is InChI=1S/C21H18B3Br3O6/c1-28-13-4-7-19(25)16(10-13)22-31-23(17-11-14(29-2)5-8-20(17)26)33-24(32-22)18-12-15(30-3)6-9-21(18)27/h4-12H,1-3H3. The second-order valence-electron chi connectivity index (χ2n) is 7.07. The summed E-state index contributed by atoms with van der Waals surface area (Å²) in [5.74, 6) is 2.06. The molecule has 0 saturated carbocycles. The fourth-order valence-electron chi connectivity index (χ4n) is 3.36. The minimum atomic E-state index is -0.755. The molecule has 1 fully saturated rings. The van der Waals surface area contributed by atoms with Crippen molar-refractivity contribution >= 4 is 85.5 Å². The van der Waals surface area contributed by atoms with Gasteiger partial charge in [0.25, 0.3) is 0 Å². The molecule has 6 nitrogen and oxygen atoms in total. The Morgan fingerprint density at radius 3 is 1.03 bits per heavy atom. The summed E-state index contributed by atoms with van der Waals surface area (Å²) in [6.07, 6.45) is 0. The SMILES string of the molecule is COc1ccc(Br)c(B2OB(c3cc(OC)ccc3Br)OB(c3cc(OC)ccc3Br)O2)c1. The molecule has 1 aliphatic rings.